The molecule has 1 aliphatic heterocycles. The Balaban J connectivity index is 1.44. The van der Waals surface area contributed by atoms with Crippen LogP contribution in [0.25, 0.3) is 11.3 Å². The summed E-state index contributed by atoms with van der Waals surface area (Å²) >= 11 is 0. The predicted octanol–water partition coefficient (Wildman–Crippen LogP) is 4.46. The van der Waals surface area contributed by atoms with Crippen LogP contribution in [-0.2, 0) is 13.1 Å². The molecule has 0 aliphatic carbocycles. The first-order chi connectivity index (χ1) is 13.3. The molecule has 5 heteroatoms. The molecule has 0 bridgehead atoms. The van der Waals surface area contributed by atoms with E-state index in [1.54, 1.807) is 0 Å². The monoisotopic (exact) mass is 360 g/mol. The molecule has 0 unspecified atom stereocenters. The highest BCUT2D eigenvalue weighted by Gasteiger charge is 2.23. The van der Waals surface area contributed by atoms with Crippen LogP contribution < -0.4 is 0 Å². The second-order valence-electron chi connectivity index (χ2n) is 7.13. The Morgan fingerprint density at radius 3 is 2.96 bits per heavy atom. The van der Waals surface area contributed by atoms with Gasteiger partial charge in [-0.25, -0.2) is 4.98 Å². The van der Waals surface area contributed by atoms with Gasteiger partial charge in [0, 0.05) is 30.5 Å². The van der Waals surface area contributed by atoms with Gasteiger partial charge in [0.1, 0.15) is 11.5 Å². The predicted molar refractivity (Wildman–Crippen MR) is 104 cm³/mol. The van der Waals surface area contributed by atoms with Crippen LogP contribution in [0.1, 0.15) is 37.0 Å². The van der Waals surface area contributed by atoms with E-state index in [2.05, 4.69) is 20.5 Å². The van der Waals surface area contributed by atoms with Gasteiger partial charge in [-0.15, -0.1) is 0 Å². The minimum atomic E-state index is 0.570. The van der Waals surface area contributed by atoms with E-state index in [0.29, 0.717) is 11.6 Å². The van der Waals surface area contributed by atoms with Crippen molar-refractivity contribution >= 4 is 0 Å². The fourth-order valence-electron chi connectivity index (χ4n) is 3.92. The third-order valence-corrected chi connectivity index (χ3v) is 5.36. The number of benzene rings is 1. The number of hydrogen-bond acceptors (Lipinski definition) is 4. The van der Waals surface area contributed by atoms with Crippen LogP contribution in [0.15, 0.2) is 59.5 Å². The van der Waals surface area contributed by atoms with Gasteiger partial charge in [-0.05, 0) is 50.1 Å². The van der Waals surface area contributed by atoms with E-state index in [4.69, 9.17) is 4.42 Å². The van der Waals surface area contributed by atoms with Gasteiger partial charge in [0.05, 0.1) is 24.5 Å². The second-order valence-corrected chi connectivity index (χ2v) is 7.13. The largest absolute Gasteiger partial charge is 0.460 e. The highest BCUT2D eigenvalue weighted by molar-refractivity contribution is 5.66. The van der Waals surface area contributed by atoms with Crippen LogP contribution in [0, 0.1) is 11.3 Å². The zero-order valence-corrected chi connectivity index (χ0v) is 15.4. The van der Waals surface area contributed by atoms with Crippen LogP contribution >= 0.6 is 0 Å². The summed E-state index contributed by atoms with van der Waals surface area (Å²) in [6.45, 7) is 2.93. The molecular formula is C22H24N4O. The van der Waals surface area contributed by atoms with Crippen molar-refractivity contribution in [3.63, 3.8) is 0 Å². The maximum atomic E-state index is 9.31. The molecule has 0 N–H and O–H groups in total. The number of hydrogen-bond donors (Lipinski definition) is 0. The van der Waals surface area contributed by atoms with E-state index in [-0.39, 0.29) is 0 Å². The summed E-state index contributed by atoms with van der Waals surface area (Å²) in [5, 5.41) is 9.31. The van der Waals surface area contributed by atoms with Gasteiger partial charge < -0.3 is 8.98 Å². The molecule has 138 valence electrons. The highest BCUT2D eigenvalue weighted by Crippen LogP contribution is 2.28. The van der Waals surface area contributed by atoms with E-state index in [1.165, 1.54) is 19.3 Å². The van der Waals surface area contributed by atoms with E-state index in [1.807, 2.05) is 55.1 Å². The molecule has 3 heterocycles. The fraction of sp³-hybridized carbons (Fsp3) is 0.364. The van der Waals surface area contributed by atoms with Crippen molar-refractivity contribution < 1.29 is 4.42 Å². The van der Waals surface area contributed by atoms with E-state index >= 15 is 0 Å². The molecule has 0 radical (unpaired) electrons. The Kier molecular flexibility index (Phi) is 5.36. The third kappa shape index (κ3) is 4.12. The summed E-state index contributed by atoms with van der Waals surface area (Å²) in [4.78, 5) is 6.67. The number of rotatable bonds is 6. The van der Waals surface area contributed by atoms with Crippen LogP contribution in [-0.4, -0.2) is 27.0 Å². The molecule has 1 atom stereocenters. The number of nitriles is 1. The zero-order valence-electron chi connectivity index (χ0n) is 15.4. The van der Waals surface area contributed by atoms with Crippen molar-refractivity contribution in [3.05, 3.63) is 66.4 Å². The van der Waals surface area contributed by atoms with Gasteiger partial charge in [-0.2, -0.15) is 5.26 Å². The minimum Gasteiger partial charge on any atom is -0.460 e. The summed E-state index contributed by atoms with van der Waals surface area (Å²) in [5.74, 6) is 1.74. The first-order valence-electron chi connectivity index (χ1n) is 9.61. The number of imidazole rings is 1. The lowest BCUT2D eigenvalue weighted by atomic mass is 9.99. The highest BCUT2D eigenvalue weighted by atomic mass is 16.3. The zero-order chi connectivity index (χ0) is 18.5. The van der Waals surface area contributed by atoms with Crippen molar-refractivity contribution in [1.29, 1.82) is 5.26 Å². The van der Waals surface area contributed by atoms with Crippen LogP contribution in [0.4, 0.5) is 0 Å². The average Bonchev–Trinajstić information content (AvgIpc) is 3.39. The maximum Gasteiger partial charge on any atom is 0.135 e. The van der Waals surface area contributed by atoms with Gasteiger partial charge in [0.2, 0.25) is 0 Å². The summed E-state index contributed by atoms with van der Waals surface area (Å²) < 4.78 is 8.26. The summed E-state index contributed by atoms with van der Waals surface area (Å²) in [6.07, 6.45) is 10.6. The quantitative estimate of drug-likeness (QED) is 0.651. The number of likely N-dealkylation sites (tertiary alicyclic amines) is 1. The first kappa shape index (κ1) is 17.6. The normalized spacial score (nSPS) is 17.7. The maximum absolute atomic E-state index is 9.31. The fourth-order valence-corrected chi connectivity index (χ4v) is 3.92. The first-order valence-corrected chi connectivity index (χ1v) is 9.61. The number of nitrogens with zero attached hydrogens (tertiary/aromatic N) is 4. The molecular weight excluding hydrogens is 336 g/mol. The Bertz CT molecular complexity index is 907. The lowest BCUT2D eigenvalue weighted by Crippen LogP contribution is -2.39. The van der Waals surface area contributed by atoms with E-state index in [9.17, 15) is 5.26 Å². The Morgan fingerprint density at radius 2 is 2.11 bits per heavy atom. The van der Waals surface area contributed by atoms with E-state index in [0.717, 1.165) is 43.1 Å². The molecule has 0 amide bonds. The number of piperidine rings is 1. The summed E-state index contributed by atoms with van der Waals surface area (Å²) in [5.41, 5.74) is 1.51. The molecule has 0 saturated carbocycles. The molecule has 2 aromatic heterocycles. The molecule has 1 saturated heterocycles. The van der Waals surface area contributed by atoms with Crippen molar-refractivity contribution in [2.45, 2.75) is 44.8 Å². The molecule has 1 fully saturated rings. The van der Waals surface area contributed by atoms with Gasteiger partial charge in [0.15, 0.2) is 0 Å². The molecule has 1 aromatic carbocycles. The average molecular weight is 360 g/mol. The second kappa shape index (κ2) is 8.24. The van der Waals surface area contributed by atoms with Gasteiger partial charge in [-0.1, -0.05) is 18.6 Å². The molecule has 4 rings (SSSR count). The number of furan rings is 1. The van der Waals surface area contributed by atoms with Crippen molar-refractivity contribution in [2.75, 3.05) is 6.54 Å². The van der Waals surface area contributed by atoms with Gasteiger partial charge in [-0.3, -0.25) is 4.90 Å². The molecule has 5 nitrogen and oxygen atoms in total. The molecule has 0 spiro atoms. The number of aromatic nitrogens is 2. The lowest BCUT2D eigenvalue weighted by Gasteiger charge is -2.35. The van der Waals surface area contributed by atoms with Crippen LogP contribution in [0.2, 0.25) is 0 Å². The molecule has 3 aromatic rings. The molecule has 1 aliphatic rings. The minimum absolute atomic E-state index is 0.570. The Hall–Kier alpha value is -2.84. The smallest absolute Gasteiger partial charge is 0.135 e. The lowest BCUT2D eigenvalue weighted by molar-refractivity contribution is 0.119. The third-order valence-electron chi connectivity index (χ3n) is 5.36. The van der Waals surface area contributed by atoms with Crippen molar-refractivity contribution in [1.82, 2.24) is 14.5 Å². The van der Waals surface area contributed by atoms with Crippen LogP contribution in [0.3, 0.4) is 0 Å². The van der Waals surface area contributed by atoms with Crippen LogP contribution in [0.5, 0.6) is 0 Å². The number of aryl methyl sites for hydroxylation is 1. The summed E-state index contributed by atoms with van der Waals surface area (Å²) in [6, 6.07) is 14.4. The van der Waals surface area contributed by atoms with E-state index < -0.39 is 0 Å². The SMILES string of the molecule is N#Cc1ccccc1-c1ccc(CN2CCCC[C@H]2CCn2ccnc2)o1. The van der Waals surface area contributed by atoms with Gasteiger partial charge >= 0.3 is 0 Å². The van der Waals surface area contributed by atoms with Crippen molar-refractivity contribution in [3.8, 4) is 17.4 Å². The standard InChI is InChI=1S/C22H24N4O/c23-15-18-5-1-2-7-21(18)22-9-8-20(27-22)16-26-12-4-3-6-19(26)10-13-25-14-11-24-17-25/h1-2,5,7-9,11,14,17,19H,3-4,6,10,12-13,16H2/t19-/m0/s1. The Labute approximate surface area is 159 Å². The summed E-state index contributed by atoms with van der Waals surface area (Å²) in [7, 11) is 0. The topological polar surface area (TPSA) is 58.0 Å². The van der Waals surface area contributed by atoms with Gasteiger partial charge in [0.25, 0.3) is 0 Å². The molecule has 27 heavy (non-hydrogen) atoms. The Morgan fingerprint density at radius 1 is 1.19 bits per heavy atom. The van der Waals surface area contributed by atoms with Crippen molar-refractivity contribution in [2.24, 2.45) is 0 Å².